The molecular weight excluding hydrogens is 438 g/mol. The van der Waals surface area contributed by atoms with Gasteiger partial charge < -0.3 is 14.8 Å². The minimum atomic E-state index is -1.01. The smallest absolute Gasteiger partial charge is 0.263 e. The number of amides is 3. The number of benzene rings is 2. The number of nitrogens with one attached hydrogen (secondary N) is 1. The molecular formula is C21H20ClN5O5. The molecule has 2 atom stereocenters. The van der Waals surface area contributed by atoms with Gasteiger partial charge in [0.2, 0.25) is 5.91 Å². The topological polar surface area (TPSA) is 113 Å². The molecule has 2 aromatic carbocycles. The van der Waals surface area contributed by atoms with E-state index >= 15 is 0 Å². The van der Waals surface area contributed by atoms with Crippen molar-refractivity contribution in [3.63, 3.8) is 0 Å². The number of methoxy groups -OCH3 is 1. The van der Waals surface area contributed by atoms with Crippen LogP contribution in [0.1, 0.15) is 6.92 Å². The van der Waals surface area contributed by atoms with E-state index in [-0.39, 0.29) is 11.6 Å². The monoisotopic (exact) mass is 457 g/mol. The molecule has 0 bridgehead atoms. The average molecular weight is 458 g/mol. The van der Waals surface area contributed by atoms with E-state index in [0.717, 1.165) is 4.90 Å². The zero-order chi connectivity index (χ0) is 22.8. The van der Waals surface area contributed by atoms with Crippen LogP contribution in [-0.4, -0.2) is 55.1 Å². The normalized spacial score (nSPS) is 19.3. The second kappa shape index (κ2) is 8.83. The molecule has 2 heterocycles. The first-order valence-electron chi connectivity index (χ1n) is 9.84. The van der Waals surface area contributed by atoms with Crippen molar-refractivity contribution in [1.29, 1.82) is 0 Å². The van der Waals surface area contributed by atoms with Crippen LogP contribution in [-0.2, 0) is 14.4 Å². The summed E-state index contributed by atoms with van der Waals surface area (Å²) in [5.41, 5.74) is 0.864. The number of nitrogens with zero attached hydrogens (tertiary/aromatic N) is 4. The third-order valence-corrected chi connectivity index (χ3v) is 5.30. The Morgan fingerprint density at radius 1 is 1.16 bits per heavy atom. The van der Waals surface area contributed by atoms with Crippen LogP contribution >= 0.6 is 11.6 Å². The third-order valence-electron chi connectivity index (χ3n) is 5.01. The Kier molecular flexibility index (Phi) is 5.95. The van der Waals surface area contributed by atoms with Gasteiger partial charge in [-0.1, -0.05) is 16.8 Å². The molecule has 10 nitrogen and oxygen atoms in total. The highest BCUT2D eigenvalue weighted by molar-refractivity contribution is 6.33. The first kappa shape index (κ1) is 21.6. The summed E-state index contributed by atoms with van der Waals surface area (Å²) in [6, 6.07) is 9.47. The summed E-state index contributed by atoms with van der Waals surface area (Å²) in [6.07, 6.45) is 0. The molecule has 2 aromatic rings. The molecule has 0 aliphatic carbocycles. The van der Waals surface area contributed by atoms with Crippen molar-refractivity contribution < 1.29 is 23.9 Å². The maximum atomic E-state index is 13.0. The largest absolute Gasteiger partial charge is 0.495 e. The summed E-state index contributed by atoms with van der Waals surface area (Å²) in [7, 11) is 1.47. The molecule has 2 aliphatic heterocycles. The lowest BCUT2D eigenvalue weighted by Gasteiger charge is -2.20. The number of rotatable bonds is 7. The Hall–Kier alpha value is -3.66. The first-order chi connectivity index (χ1) is 15.4. The predicted molar refractivity (Wildman–Crippen MR) is 116 cm³/mol. The molecule has 0 aromatic heterocycles. The van der Waals surface area contributed by atoms with Gasteiger partial charge in [-0.05, 0) is 49.4 Å². The zero-order valence-corrected chi connectivity index (χ0v) is 18.1. The number of carbonyl (C=O) groups excluding carboxylic acids is 3. The molecule has 0 spiro atoms. The van der Waals surface area contributed by atoms with Gasteiger partial charge in [0.1, 0.15) is 18.0 Å². The van der Waals surface area contributed by atoms with E-state index in [0.29, 0.717) is 29.5 Å². The number of halogens is 1. The van der Waals surface area contributed by atoms with Gasteiger partial charge in [0, 0.05) is 5.69 Å². The Morgan fingerprint density at radius 2 is 1.91 bits per heavy atom. The highest BCUT2D eigenvalue weighted by Crippen LogP contribution is 2.35. The summed E-state index contributed by atoms with van der Waals surface area (Å²) < 4.78 is 10.5. The molecule has 0 unspecified atom stereocenters. The highest BCUT2D eigenvalue weighted by Gasteiger charge is 2.55. The van der Waals surface area contributed by atoms with Crippen LogP contribution in [0.15, 0.2) is 52.8 Å². The molecule has 32 heavy (non-hydrogen) atoms. The summed E-state index contributed by atoms with van der Waals surface area (Å²) >= 11 is 6.14. The maximum absolute atomic E-state index is 13.0. The number of hydrogen-bond donors (Lipinski definition) is 1. The second-order valence-corrected chi connectivity index (χ2v) is 7.44. The number of anilines is 2. The fraction of sp³-hybridized carbons (Fsp3) is 0.286. The summed E-state index contributed by atoms with van der Waals surface area (Å²) in [6.45, 7) is 2.18. The van der Waals surface area contributed by atoms with Crippen LogP contribution in [0.25, 0.3) is 0 Å². The van der Waals surface area contributed by atoms with E-state index in [1.165, 1.54) is 18.2 Å². The van der Waals surface area contributed by atoms with E-state index in [2.05, 4.69) is 15.7 Å². The van der Waals surface area contributed by atoms with Crippen molar-refractivity contribution in [2.24, 2.45) is 10.3 Å². The lowest BCUT2D eigenvalue weighted by Crippen LogP contribution is -2.43. The van der Waals surface area contributed by atoms with Crippen LogP contribution in [0, 0.1) is 0 Å². The Balaban J connectivity index is 1.45. The summed E-state index contributed by atoms with van der Waals surface area (Å²) in [5.74, 6) is -0.350. The number of carbonyl (C=O) groups is 3. The summed E-state index contributed by atoms with van der Waals surface area (Å²) in [5, 5.41) is 12.0. The van der Waals surface area contributed by atoms with Crippen LogP contribution in [0.2, 0.25) is 5.02 Å². The second-order valence-electron chi connectivity index (χ2n) is 7.03. The van der Waals surface area contributed by atoms with Gasteiger partial charge in [-0.15, -0.1) is 0 Å². The van der Waals surface area contributed by atoms with Gasteiger partial charge >= 0.3 is 0 Å². The fourth-order valence-electron chi connectivity index (χ4n) is 3.55. The van der Waals surface area contributed by atoms with Crippen molar-refractivity contribution in [2.45, 2.75) is 19.0 Å². The van der Waals surface area contributed by atoms with Crippen molar-refractivity contribution in [3.05, 3.63) is 47.5 Å². The molecule has 4 rings (SSSR count). The highest BCUT2D eigenvalue weighted by atomic mass is 35.5. The summed E-state index contributed by atoms with van der Waals surface area (Å²) in [4.78, 5) is 39.4. The minimum absolute atomic E-state index is 0.242. The quantitative estimate of drug-likeness (QED) is 0.639. The molecule has 1 fully saturated rings. The first-order valence-corrected chi connectivity index (χ1v) is 10.2. The maximum Gasteiger partial charge on any atom is 0.263 e. The molecule has 0 radical (unpaired) electrons. The van der Waals surface area contributed by atoms with E-state index in [4.69, 9.17) is 21.1 Å². The molecule has 0 saturated carbocycles. The van der Waals surface area contributed by atoms with E-state index in [9.17, 15) is 14.4 Å². The van der Waals surface area contributed by atoms with Gasteiger partial charge in [0.15, 0.2) is 12.1 Å². The molecule has 1 saturated heterocycles. The average Bonchev–Trinajstić information content (AvgIpc) is 3.29. The van der Waals surface area contributed by atoms with Gasteiger partial charge in [-0.25, -0.2) is 4.90 Å². The fourth-order valence-corrected chi connectivity index (χ4v) is 3.80. The SMILES string of the molecule is CCOc1ccc(NC(=O)CN2N=N[C@@H]3C(=O)N(c4ccc(OC)c(Cl)c4)C(=O)[C@@H]32)cc1. The van der Waals surface area contributed by atoms with E-state index in [1.807, 2.05) is 6.92 Å². The molecule has 11 heteroatoms. The van der Waals surface area contributed by atoms with E-state index < -0.39 is 29.8 Å². The molecule has 1 N–H and O–H groups in total. The number of imide groups is 1. The Labute approximate surface area is 188 Å². The van der Waals surface area contributed by atoms with Gasteiger partial charge in [-0.2, -0.15) is 5.11 Å². The van der Waals surface area contributed by atoms with Crippen LogP contribution in [0.4, 0.5) is 11.4 Å². The lowest BCUT2D eigenvalue weighted by atomic mass is 10.1. The Bertz CT molecular complexity index is 1090. The van der Waals surface area contributed by atoms with Crippen molar-refractivity contribution in [3.8, 4) is 11.5 Å². The Morgan fingerprint density at radius 3 is 2.56 bits per heavy atom. The van der Waals surface area contributed by atoms with Crippen molar-refractivity contribution in [1.82, 2.24) is 5.01 Å². The van der Waals surface area contributed by atoms with Crippen LogP contribution < -0.4 is 19.7 Å². The number of hydrogen-bond acceptors (Lipinski definition) is 8. The van der Waals surface area contributed by atoms with Crippen LogP contribution in [0.5, 0.6) is 11.5 Å². The molecule has 3 amide bonds. The van der Waals surface area contributed by atoms with Gasteiger partial charge in [0.05, 0.1) is 24.4 Å². The van der Waals surface area contributed by atoms with Gasteiger partial charge in [0.25, 0.3) is 11.8 Å². The lowest BCUT2D eigenvalue weighted by molar-refractivity contribution is -0.123. The number of ether oxygens (including phenoxy) is 2. The van der Waals surface area contributed by atoms with Crippen LogP contribution in [0.3, 0.4) is 0 Å². The van der Waals surface area contributed by atoms with Crippen molar-refractivity contribution in [2.75, 3.05) is 30.5 Å². The third kappa shape index (κ3) is 3.96. The minimum Gasteiger partial charge on any atom is -0.495 e. The zero-order valence-electron chi connectivity index (χ0n) is 17.3. The van der Waals surface area contributed by atoms with E-state index in [1.54, 1.807) is 36.4 Å². The van der Waals surface area contributed by atoms with Gasteiger partial charge in [-0.3, -0.25) is 19.4 Å². The number of fused-ring (bicyclic) bond motifs is 1. The molecule has 166 valence electrons. The molecule has 2 aliphatic rings. The predicted octanol–water partition coefficient (Wildman–Crippen LogP) is 2.68. The standard InChI is InChI=1S/C21H20ClN5O5/c1-3-32-14-7-4-12(5-8-14)23-17(28)11-26-19-18(24-25-26)20(29)27(21(19)30)13-6-9-16(31-2)15(22)10-13/h4-10,18-19H,3,11H2,1-2H3,(H,23,28)/t18-,19+/m0/s1. The van der Waals surface area contributed by atoms with Crippen molar-refractivity contribution >= 4 is 40.7 Å².